The molecule has 5 rings (SSSR count). The van der Waals surface area contributed by atoms with E-state index in [2.05, 4.69) is 23.1 Å². The Morgan fingerprint density at radius 1 is 0.946 bits per heavy atom. The lowest BCUT2D eigenvalue weighted by atomic mass is 9.86. The van der Waals surface area contributed by atoms with E-state index in [1.807, 2.05) is 53.2 Å². The van der Waals surface area contributed by atoms with E-state index in [0.717, 1.165) is 53.6 Å². The van der Waals surface area contributed by atoms with Gasteiger partial charge in [0.05, 0.1) is 5.75 Å². The van der Waals surface area contributed by atoms with Crippen LogP contribution >= 0.6 is 7.14 Å². The highest BCUT2D eigenvalue weighted by Crippen LogP contribution is 2.37. The molecule has 37 heavy (non-hydrogen) atoms. The summed E-state index contributed by atoms with van der Waals surface area (Å²) in [6.07, 6.45) is 5.17. The summed E-state index contributed by atoms with van der Waals surface area (Å²) in [6, 6.07) is 20.3. The molecule has 0 spiro atoms. The van der Waals surface area contributed by atoms with Crippen LogP contribution < -0.4 is 5.30 Å². The third kappa shape index (κ3) is 5.87. The van der Waals surface area contributed by atoms with Crippen LogP contribution in [-0.4, -0.2) is 72.9 Å². The Morgan fingerprint density at radius 2 is 1.62 bits per heavy atom. The van der Waals surface area contributed by atoms with Crippen LogP contribution in [0.15, 0.2) is 66.9 Å². The predicted octanol–water partition coefficient (Wildman–Crippen LogP) is 4.54. The van der Waals surface area contributed by atoms with Gasteiger partial charge in [0.15, 0.2) is 11.5 Å². The van der Waals surface area contributed by atoms with Gasteiger partial charge in [0.1, 0.15) is 17.0 Å². The zero-order valence-electron chi connectivity index (χ0n) is 21.5. The summed E-state index contributed by atoms with van der Waals surface area (Å²) in [5, 5.41) is 5.70. The second-order valence-corrected chi connectivity index (χ2v) is 15.8. The summed E-state index contributed by atoms with van der Waals surface area (Å²) in [4.78, 5) is 7.22. The lowest BCUT2D eigenvalue weighted by Gasteiger charge is -2.32. The maximum absolute atomic E-state index is 12.4. The van der Waals surface area contributed by atoms with Gasteiger partial charge in [-0.1, -0.05) is 48.5 Å². The number of pyridine rings is 1. The number of nitrogens with zero attached hydrogens (tertiary/aromatic N) is 4. The second kappa shape index (κ2) is 10.2. The van der Waals surface area contributed by atoms with Gasteiger partial charge in [-0.05, 0) is 68.4 Å². The summed E-state index contributed by atoms with van der Waals surface area (Å²) < 4.78 is 37.4. The third-order valence-electron chi connectivity index (χ3n) is 7.17. The first-order valence-corrected chi connectivity index (χ1v) is 17.3. The number of fused-ring (bicyclic) bond motifs is 1. The van der Waals surface area contributed by atoms with Gasteiger partial charge in [0.25, 0.3) is 0 Å². The molecular weight excluding hydrogens is 503 g/mol. The van der Waals surface area contributed by atoms with Crippen LogP contribution in [0.1, 0.15) is 24.3 Å². The smallest absolute Gasteiger partial charge is 0.182 e. The normalized spacial score (nSPS) is 15.9. The Morgan fingerprint density at radius 3 is 2.30 bits per heavy atom. The van der Waals surface area contributed by atoms with E-state index >= 15 is 0 Å². The first-order chi connectivity index (χ1) is 17.6. The molecule has 0 N–H and O–H groups in total. The van der Waals surface area contributed by atoms with Crippen LogP contribution in [0.5, 0.6) is 0 Å². The lowest BCUT2D eigenvalue weighted by molar-refractivity contribution is 0.223. The first kappa shape index (κ1) is 25.8. The highest BCUT2D eigenvalue weighted by atomic mass is 32.2. The quantitative estimate of drug-likeness (QED) is 0.323. The molecule has 0 atom stereocenters. The Balaban J connectivity index is 1.42. The van der Waals surface area contributed by atoms with Crippen molar-refractivity contribution in [1.82, 2.24) is 19.5 Å². The average Bonchev–Trinajstić information content (AvgIpc) is 3.31. The molecule has 1 fully saturated rings. The van der Waals surface area contributed by atoms with Crippen LogP contribution in [0.4, 0.5) is 0 Å². The number of piperidine rings is 1. The fourth-order valence-corrected chi connectivity index (χ4v) is 6.52. The van der Waals surface area contributed by atoms with Crippen LogP contribution in [0, 0.1) is 0 Å². The SMILES string of the molecule is CP(C)(=O)c1ccc(-c2cccn3nc(-c4ccccc4C4CCN(CCS(C)(=O)=O)CC4)nc23)cc1. The minimum Gasteiger partial charge on any atom is -0.319 e. The van der Waals surface area contributed by atoms with Crippen molar-refractivity contribution in [2.75, 3.05) is 45.0 Å². The molecule has 1 aliphatic heterocycles. The average molecular weight is 537 g/mol. The third-order valence-corrected chi connectivity index (χ3v) is 9.64. The van der Waals surface area contributed by atoms with Crippen molar-refractivity contribution in [3.8, 4) is 22.5 Å². The molecular formula is C28H33N4O3PS. The second-order valence-electron chi connectivity index (χ2n) is 10.4. The summed E-state index contributed by atoms with van der Waals surface area (Å²) >= 11 is 0. The number of hydrogen-bond donors (Lipinski definition) is 0. The molecule has 0 aliphatic carbocycles. The van der Waals surface area contributed by atoms with Crippen LogP contribution in [0.3, 0.4) is 0 Å². The fraction of sp³-hybridized carbons (Fsp3) is 0.357. The lowest BCUT2D eigenvalue weighted by Crippen LogP contribution is -2.36. The van der Waals surface area contributed by atoms with Crippen LogP contribution in [0.2, 0.25) is 0 Å². The topological polar surface area (TPSA) is 84.6 Å². The van der Waals surface area contributed by atoms with E-state index in [-0.39, 0.29) is 5.75 Å². The minimum absolute atomic E-state index is 0.209. The number of aromatic nitrogens is 3. The van der Waals surface area contributed by atoms with Gasteiger partial charge in [-0.15, -0.1) is 5.10 Å². The standard InChI is InChI=1S/C28H33N4O3PS/c1-36(2,33)23-12-10-21(11-13-23)25-9-6-16-32-28(25)29-27(30-32)26-8-5-4-7-24(26)22-14-17-31(18-15-22)19-20-37(3,34)35/h4-13,16,22H,14-15,17-20H2,1-3H3. The number of likely N-dealkylation sites (tertiary alicyclic amines) is 1. The molecule has 0 unspecified atom stereocenters. The fourth-order valence-electron chi connectivity index (χ4n) is 5.06. The Kier molecular flexibility index (Phi) is 7.10. The molecule has 9 heteroatoms. The number of sulfone groups is 1. The van der Waals surface area contributed by atoms with Crippen LogP contribution in [-0.2, 0) is 14.4 Å². The van der Waals surface area contributed by atoms with Gasteiger partial charge in [0, 0.05) is 35.4 Å². The maximum atomic E-state index is 12.4. The van der Waals surface area contributed by atoms with Crippen molar-refractivity contribution in [3.63, 3.8) is 0 Å². The largest absolute Gasteiger partial charge is 0.319 e. The van der Waals surface area contributed by atoms with Crippen LogP contribution in [0.25, 0.3) is 28.2 Å². The molecule has 194 valence electrons. The maximum Gasteiger partial charge on any atom is 0.182 e. The molecule has 0 bridgehead atoms. The van der Waals surface area contributed by atoms with Crippen molar-refractivity contribution in [2.24, 2.45) is 0 Å². The van der Waals surface area contributed by atoms with E-state index in [0.29, 0.717) is 18.3 Å². The minimum atomic E-state index is -2.95. The van der Waals surface area contributed by atoms with Gasteiger partial charge in [-0.3, -0.25) is 0 Å². The van der Waals surface area contributed by atoms with Crippen molar-refractivity contribution in [1.29, 1.82) is 0 Å². The van der Waals surface area contributed by atoms with E-state index in [9.17, 15) is 13.0 Å². The first-order valence-electron chi connectivity index (χ1n) is 12.6. The molecule has 7 nitrogen and oxygen atoms in total. The Bertz CT molecular complexity index is 1570. The zero-order chi connectivity index (χ0) is 26.2. The molecule has 4 aromatic rings. The van der Waals surface area contributed by atoms with E-state index in [4.69, 9.17) is 10.1 Å². The van der Waals surface area contributed by atoms with Crippen molar-refractivity contribution in [2.45, 2.75) is 18.8 Å². The molecule has 1 saturated heterocycles. The highest BCUT2D eigenvalue weighted by molar-refractivity contribution is 7.90. The van der Waals surface area contributed by atoms with Gasteiger partial charge in [-0.25, -0.2) is 17.9 Å². The van der Waals surface area contributed by atoms with Crippen molar-refractivity contribution >= 4 is 27.9 Å². The predicted molar refractivity (Wildman–Crippen MR) is 151 cm³/mol. The van der Waals surface area contributed by atoms with E-state index < -0.39 is 17.0 Å². The van der Waals surface area contributed by atoms with Gasteiger partial charge in [-0.2, -0.15) is 0 Å². The molecule has 0 radical (unpaired) electrons. The molecule has 2 aromatic heterocycles. The van der Waals surface area contributed by atoms with Gasteiger partial charge in [0.2, 0.25) is 0 Å². The van der Waals surface area contributed by atoms with E-state index in [1.54, 1.807) is 13.3 Å². The monoisotopic (exact) mass is 536 g/mol. The zero-order valence-corrected chi connectivity index (χ0v) is 23.3. The van der Waals surface area contributed by atoms with Gasteiger partial charge < -0.3 is 9.46 Å². The molecule has 3 heterocycles. The summed E-state index contributed by atoms with van der Waals surface area (Å²) in [6.45, 7) is 5.93. The molecule has 2 aromatic carbocycles. The number of hydrogen-bond acceptors (Lipinski definition) is 6. The number of rotatable bonds is 7. The molecule has 0 saturated carbocycles. The highest BCUT2D eigenvalue weighted by Gasteiger charge is 2.25. The number of benzene rings is 2. The van der Waals surface area contributed by atoms with E-state index in [1.165, 1.54) is 11.8 Å². The van der Waals surface area contributed by atoms with Gasteiger partial charge >= 0.3 is 0 Å². The van der Waals surface area contributed by atoms with Crippen molar-refractivity contribution in [3.05, 3.63) is 72.4 Å². The summed E-state index contributed by atoms with van der Waals surface area (Å²) in [7, 11) is -5.26. The molecule has 1 aliphatic rings. The summed E-state index contributed by atoms with van der Waals surface area (Å²) in [5.41, 5.74) is 5.06. The molecule has 0 amide bonds. The van der Waals surface area contributed by atoms with Crippen molar-refractivity contribution < 1.29 is 13.0 Å². The Labute approximate surface area is 218 Å². The Hall–Kier alpha value is -2.80. The summed E-state index contributed by atoms with van der Waals surface area (Å²) in [5.74, 6) is 1.29.